The minimum absolute atomic E-state index is 0.753. The third-order valence-electron chi connectivity index (χ3n) is 5.36. The van der Waals surface area contributed by atoms with E-state index in [9.17, 15) is 0 Å². The van der Waals surface area contributed by atoms with Crippen LogP contribution in [-0.2, 0) is 7.05 Å². The van der Waals surface area contributed by atoms with E-state index >= 15 is 0 Å². The number of pyridine rings is 1. The van der Waals surface area contributed by atoms with Crippen LogP contribution in [0, 0.1) is 13.8 Å². The number of aryl methyl sites for hydroxylation is 3. The maximum Gasteiger partial charge on any atom is 0.141 e. The van der Waals surface area contributed by atoms with Gasteiger partial charge in [0.2, 0.25) is 0 Å². The van der Waals surface area contributed by atoms with Gasteiger partial charge in [-0.05, 0) is 26.0 Å². The predicted molar refractivity (Wildman–Crippen MR) is 113 cm³/mol. The number of aromatic nitrogens is 4. The lowest BCUT2D eigenvalue weighted by atomic mass is 10.0. The first-order valence-corrected chi connectivity index (χ1v) is 9.40. The zero-order valence-electron chi connectivity index (χ0n) is 16.7. The second-order valence-corrected chi connectivity index (χ2v) is 7.12. The van der Waals surface area contributed by atoms with Crippen molar-refractivity contribution in [2.75, 3.05) is 7.11 Å². The van der Waals surface area contributed by atoms with E-state index in [2.05, 4.69) is 26.8 Å². The Labute approximate surface area is 167 Å². The molecule has 0 amide bonds. The van der Waals surface area contributed by atoms with Crippen molar-refractivity contribution >= 4 is 21.9 Å². The predicted octanol–water partition coefficient (Wildman–Crippen LogP) is 5.07. The summed E-state index contributed by atoms with van der Waals surface area (Å²) in [6.45, 7) is 3.84. The average Bonchev–Trinajstić information content (AvgIpc) is 3.26. The lowest BCUT2D eigenvalue weighted by Gasteiger charge is -2.11. The number of methoxy groups -OCH3 is 1. The van der Waals surface area contributed by atoms with E-state index in [0.717, 1.165) is 61.7 Å². The average molecular weight is 384 g/mol. The van der Waals surface area contributed by atoms with Gasteiger partial charge < -0.3 is 13.8 Å². The van der Waals surface area contributed by atoms with Crippen molar-refractivity contribution in [2.24, 2.45) is 7.05 Å². The molecule has 144 valence electrons. The lowest BCUT2D eigenvalue weighted by Crippen LogP contribution is -1.95. The van der Waals surface area contributed by atoms with Crippen LogP contribution in [0.5, 0.6) is 5.75 Å². The molecule has 0 atom stereocenters. The number of imidazole rings is 1. The number of rotatable bonds is 3. The van der Waals surface area contributed by atoms with Crippen molar-refractivity contribution in [1.82, 2.24) is 19.7 Å². The standard InChI is InChI=1S/C23H20N4O2/c1-13-21(14(2)29-26-13)17-10-18-16(11-20(17)28-4)22-19(12-24-18)25-23(27(22)3)15-8-6-5-7-9-15/h5-12H,1-4H3. The zero-order valence-corrected chi connectivity index (χ0v) is 16.7. The largest absolute Gasteiger partial charge is 0.496 e. The monoisotopic (exact) mass is 384 g/mol. The second kappa shape index (κ2) is 6.44. The highest BCUT2D eigenvalue weighted by molar-refractivity contribution is 6.05. The lowest BCUT2D eigenvalue weighted by molar-refractivity contribution is 0.393. The molecule has 0 fully saturated rings. The van der Waals surface area contributed by atoms with E-state index in [-0.39, 0.29) is 0 Å². The Bertz CT molecular complexity index is 1350. The van der Waals surface area contributed by atoms with Gasteiger partial charge in [-0.3, -0.25) is 4.98 Å². The van der Waals surface area contributed by atoms with Gasteiger partial charge in [0.1, 0.15) is 22.9 Å². The molecule has 0 aliphatic heterocycles. The van der Waals surface area contributed by atoms with Crippen molar-refractivity contribution in [3.63, 3.8) is 0 Å². The minimum Gasteiger partial charge on any atom is -0.496 e. The fourth-order valence-electron chi connectivity index (χ4n) is 4.00. The van der Waals surface area contributed by atoms with Crippen LogP contribution < -0.4 is 4.74 Å². The molecule has 3 aromatic heterocycles. The minimum atomic E-state index is 0.753. The Kier molecular flexibility index (Phi) is 3.87. The molecule has 0 N–H and O–H groups in total. The molecule has 0 aliphatic carbocycles. The molecule has 0 spiro atoms. The third-order valence-corrected chi connectivity index (χ3v) is 5.36. The van der Waals surface area contributed by atoms with Crippen LogP contribution in [0.2, 0.25) is 0 Å². The first kappa shape index (κ1) is 17.4. The SMILES string of the molecule is COc1cc2c(cc1-c1c(C)noc1C)ncc1nc(-c3ccccc3)n(C)c12. The van der Waals surface area contributed by atoms with E-state index in [1.165, 1.54) is 0 Å². The van der Waals surface area contributed by atoms with Crippen LogP contribution >= 0.6 is 0 Å². The summed E-state index contributed by atoms with van der Waals surface area (Å²) in [5.41, 5.74) is 6.51. The summed E-state index contributed by atoms with van der Waals surface area (Å²) in [6.07, 6.45) is 1.83. The number of hydrogen-bond acceptors (Lipinski definition) is 5. The van der Waals surface area contributed by atoms with E-state index in [1.807, 2.05) is 57.4 Å². The maximum absolute atomic E-state index is 5.74. The smallest absolute Gasteiger partial charge is 0.141 e. The normalized spacial score (nSPS) is 11.4. The molecule has 6 nitrogen and oxygen atoms in total. The highest BCUT2D eigenvalue weighted by atomic mass is 16.5. The van der Waals surface area contributed by atoms with E-state index in [4.69, 9.17) is 14.2 Å². The maximum atomic E-state index is 5.74. The van der Waals surface area contributed by atoms with E-state index < -0.39 is 0 Å². The quantitative estimate of drug-likeness (QED) is 0.434. The molecular formula is C23H20N4O2. The van der Waals surface area contributed by atoms with Gasteiger partial charge in [0.25, 0.3) is 0 Å². The van der Waals surface area contributed by atoms with Crippen LogP contribution in [0.1, 0.15) is 11.5 Å². The van der Waals surface area contributed by atoms with Crippen molar-refractivity contribution in [3.05, 3.63) is 60.1 Å². The molecule has 3 heterocycles. The van der Waals surface area contributed by atoms with Crippen LogP contribution in [-0.4, -0.2) is 26.8 Å². The first-order chi connectivity index (χ1) is 14.1. The van der Waals surface area contributed by atoms with Crippen LogP contribution in [0.3, 0.4) is 0 Å². The molecule has 2 aromatic carbocycles. The van der Waals surface area contributed by atoms with Gasteiger partial charge in [0.05, 0.1) is 35.6 Å². The Morgan fingerprint density at radius 3 is 2.52 bits per heavy atom. The van der Waals surface area contributed by atoms with Crippen molar-refractivity contribution in [3.8, 4) is 28.3 Å². The van der Waals surface area contributed by atoms with Gasteiger partial charge in [0, 0.05) is 23.6 Å². The Balaban J connectivity index is 1.81. The molecule has 0 unspecified atom stereocenters. The Morgan fingerprint density at radius 1 is 1.03 bits per heavy atom. The molecule has 0 radical (unpaired) electrons. The van der Waals surface area contributed by atoms with Crippen LogP contribution in [0.15, 0.2) is 53.2 Å². The molecule has 5 aromatic rings. The van der Waals surface area contributed by atoms with Gasteiger partial charge in [-0.25, -0.2) is 4.98 Å². The zero-order chi connectivity index (χ0) is 20.1. The number of hydrogen-bond donors (Lipinski definition) is 0. The number of benzene rings is 2. The Hall–Kier alpha value is -3.67. The number of ether oxygens (including phenoxy) is 1. The van der Waals surface area contributed by atoms with E-state index in [1.54, 1.807) is 7.11 Å². The topological polar surface area (TPSA) is 66.0 Å². The summed E-state index contributed by atoms with van der Waals surface area (Å²) in [5.74, 6) is 2.42. The van der Waals surface area contributed by atoms with Gasteiger partial charge >= 0.3 is 0 Å². The van der Waals surface area contributed by atoms with Crippen molar-refractivity contribution < 1.29 is 9.26 Å². The van der Waals surface area contributed by atoms with Crippen LogP contribution in [0.25, 0.3) is 44.5 Å². The molecule has 0 saturated carbocycles. The molecule has 5 rings (SSSR count). The third kappa shape index (κ3) is 2.60. The number of fused-ring (bicyclic) bond motifs is 3. The summed E-state index contributed by atoms with van der Waals surface area (Å²) in [6, 6.07) is 14.2. The molecule has 0 aliphatic rings. The summed E-state index contributed by atoms with van der Waals surface area (Å²) in [4.78, 5) is 9.50. The molecule has 0 bridgehead atoms. The summed E-state index contributed by atoms with van der Waals surface area (Å²) in [5, 5.41) is 5.08. The molecular weight excluding hydrogens is 364 g/mol. The summed E-state index contributed by atoms with van der Waals surface area (Å²) < 4.78 is 13.2. The van der Waals surface area contributed by atoms with E-state index in [0.29, 0.717) is 0 Å². The van der Waals surface area contributed by atoms with Gasteiger partial charge in [-0.1, -0.05) is 35.5 Å². The van der Waals surface area contributed by atoms with Crippen molar-refractivity contribution in [1.29, 1.82) is 0 Å². The van der Waals surface area contributed by atoms with Gasteiger partial charge in [-0.2, -0.15) is 0 Å². The summed E-state index contributed by atoms with van der Waals surface area (Å²) >= 11 is 0. The molecule has 6 heteroatoms. The highest BCUT2D eigenvalue weighted by Crippen LogP contribution is 2.39. The van der Waals surface area contributed by atoms with Gasteiger partial charge in [0.15, 0.2) is 0 Å². The van der Waals surface area contributed by atoms with Gasteiger partial charge in [-0.15, -0.1) is 0 Å². The Morgan fingerprint density at radius 2 is 1.83 bits per heavy atom. The highest BCUT2D eigenvalue weighted by Gasteiger charge is 2.20. The van der Waals surface area contributed by atoms with Crippen LogP contribution in [0.4, 0.5) is 0 Å². The number of nitrogens with zero attached hydrogens (tertiary/aromatic N) is 4. The summed E-state index contributed by atoms with van der Waals surface area (Å²) in [7, 11) is 3.71. The first-order valence-electron chi connectivity index (χ1n) is 9.40. The molecule has 0 saturated heterocycles. The fourth-order valence-corrected chi connectivity index (χ4v) is 4.00. The second-order valence-electron chi connectivity index (χ2n) is 7.12. The molecule has 29 heavy (non-hydrogen) atoms. The van der Waals surface area contributed by atoms with Crippen molar-refractivity contribution in [2.45, 2.75) is 13.8 Å². The fraction of sp³-hybridized carbons (Fsp3) is 0.174.